The molecule has 0 aliphatic rings. The Labute approximate surface area is 58.6 Å². The van der Waals surface area contributed by atoms with E-state index in [1.165, 1.54) is 25.7 Å². The van der Waals surface area contributed by atoms with E-state index in [4.69, 9.17) is 5.73 Å². The van der Waals surface area contributed by atoms with E-state index in [1.807, 2.05) is 0 Å². The van der Waals surface area contributed by atoms with Crippen LogP contribution in [0.5, 0.6) is 0 Å². The van der Waals surface area contributed by atoms with E-state index in [0.29, 0.717) is 0 Å². The van der Waals surface area contributed by atoms with Gasteiger partial charge in [-0.05, 0) is 18.9 Å². The molecule has 0 radical (unpaired) electrons. The van der Waals surface area contributed by atoms with Gasteiger partial charge in [-0.2, -0.15) is 0 Å². The minimum Gasteiger partial charge on any atom is -0.330 e. The van der Waals surface area contributed by atoms with E-state index >= 15 is 0 Å². The molecular formula is C8H19N. The maximum atomic E-state index is 5.40. The van der Waals surface area contributed by atoms with E-state index in [-0.39, 0.29) is 0 Å². The summed E-state index contributed by atoms with van der Waals surface area (Å²) in [5, 5.41) is 0. The van der Waals surface area contributed by atoms with Gasteiger partial charge in [0.2, 0.25) is 0 Å². The molecule has 9 heavy (non-hydrogen) atoms. The summed E-state index contributed by atoms with van der Waals surface area (Å²) >= 11 is 0. The van der Waals surface area contributed by atoms with Gasteiger partial charge in [0.05, 0.1) is 0 Å². The van der Waals surface area contributed by atoms with Gasteiger partial charge < -0.3 is 5.73 Å². The van der Waals surface area contributed by atoms with Crippen LogP contribution < -0.4 is 5.73 Å². The molecule has 0 aliphatic carbocycles. The molecule has 0 saturated heterocycles. The molecule has 56 valence electrons. The molecule has 0 aliphatic heterocycles. The minimum absolute atomic E-state index is 0.843. The SMILES string of the molecule is CCCC[C@@H](C)CCN. The van der Waals surface area contributed by atoms with Crippen LogP contribution >= 0.6 is 0 Å². The van der Waals surface area contributed by atoms with Gasteiger partial charge >= 0.3 is 0 Å². The Kier molecular flexibility index (Phi) is 6.06. The summed E-state index contributed by atoms with van der Waals surface area (Å²) in [7, 11) is 0. The second-order valence-corrected chi connectivity index (χ2v) is 2.82. The first-order valence-electron chi connectivity index (χ1n) is 4.01. The topological polar surface area (TPSA) is 26.0 Å². The Bertz CT molecular complexity index is 52.5. The summed E-state index contributed by atoms with van der Waals surface area (Å²) in [5.74, 6) is 0.843. The van der Waals surface area contributed by atoms with Gasteiger partial charge in [0.15, 0.2) is 0 Å². The van der Waals surface area contributed by atoms with Gasteiger partial charge in [0, 0.05) is 0 Å². The summed E-state index contributed by atoms with van der Waals surface area (Å²) in [4.78, 5) is 0. The number of nitrogens with two attached hydrogens (primary N) is 1. The van der Waals surface area contributed by atoms with Crippen LogP contribution in [0.4, 0.5) is 0 Å². The first-order valence-corrected chi connectivity index (χ1v) is 4.01. The Balaban J connectivity index is 2.95. The summed E-state index contributed by atoms with van der Waals surface area (Å²) in [6, 6.07) is 0. The predicted octanol–water partition coefficient (Wildman–Crippen LogP) is 2.16. The van der Waals surface area contributed by atoms with Crippen molar-refractivity contribution in [2.24, 2.45) is 11.7 Å². The smallest absolute Gasteiger partial charge is 0.00747 e. The van der Waals surface area contributed by atoms with Crippen LogP contribution in [0.2, 0.25) is 0 Å². The first-order chi connectivity index (χ1) is 4.31. The molecule has 0 saturated carbocycles. The first kappa shape index (κ1) is 8.96. The lowest BCUT2D eigenvalue weighted by atomic mass is 10.0. The van der Waals surface area contributed by atoms with Crippen molar-refractivity contribution in [3.05, 3.63) is 0 Å². The van der Waals surface area contributed by atoms with E-state index in [2.05, 4.69) is 13.8 Å². The highest BCUT2D eigenvalue weighted by Gasteiger charge is 1.97. The molecule has 2 N–H and O–H groups in total. The molecule has 0 fully saturated rings. The fraction of sp³-hybridized carbons (Fsp3) is 1.00. The summed E-state index contributed by atoms with van der Waals surface area (Å²) < 4.78 is 0. The van der Waals surface area contributed by atoms with E-state index < -0.39 is 0 Å². The van der Waals surface area contributed by atoms with Crippen LogP contribution in [0.3, 0.4) is 0 Å². The molecule has 1 atom stereocenters. The highest BCUT2D eigenvalue weighted by molar-refractivity contribution is 4.52. The van der Waals surface area contributed by atoms with Crippen LogP contribution in [0, 0.1) is 5.92 Å². The lowest BCUT2D eigenvalue weighted by Gasteiger charge is -2.06. The van der Waals surface area contributed by atoms with Gasteiger partial charge in [-0.25, -0.2) is 0 Å². The van der Waals surface area contributed by atoms with Crippen LogP contribution in [0.1, 0.15) is 39.5 Å². The molecule has 1 nitrogen and oxygen atoms in total. The van der Waals surface area contributed by atoms with E-state index in [1.54, 1.807) is 0 Å². The Morgan fingerprint density at radius 1 is 1.33 bits per heavy atom. The predicted molar refractivity (Wildman–Crippen MR) is 42.4 cm³/mol. The number of rotatable bonds is 5. The molecule has 0 unspecified atom stereocenters. The highest BCUT2D eigenvalue weighted by atomic mass is 14.5. The van der Waals surface area contributed by atoms with Gasteiger partial charge in [-0.15, -0.1) is 0 Å². The average Bonchev–Trinajstić information content (AvgIpc) is 1.85. The molecule has 0 spiro atoms. The summed E-state index contributed by atoms with van der Waals surface area (Å²) in [6.45, 7) is 5.36. The zero-order valence-electron chi connectivity index (χ0n) is 6.69. The standard InChI is InChI=1S/C8H19N/c1-3-4-5-8(2)6-7-9/h8H,3-7,9H2,1-2H3/t8-/m1/s1. The van der Waals surface area contributed by atoms with Gasteiger partial charge in [0.25, 0.3) is 0 Å². The number of hydrogen-bond donors (Lipinski definition) is 1. The normalized spacial score (nSPS) is 13.7. The van der Waals surface area contributed by atoms with Crippen LogP contribution in [0.25, 0.3) is 0 Å². The van der Waals surface area contributed by atoms with Crippen molar-refractivity contribution in [2.45, 2.75) is 39.5 Å². The molecule has 0 amide bonds. The fourth-order valence-electron chi connectivity index (χ4n) is 0.981. The maximum absolute atomic E-state index is 5.40. The Morgan fingerprint density at radius 3 is 2.44 bits per heavy atom. The molecule has 1 heteroatoms. The van der Waals surface area contributed by atoms with Crippen molar-refractivity contribution >= 4 is 0 Å². The van der Waals surface area contributed by atoms with Crippen molar-refractivity contribution < 1.29 is 0 Å². The number of unbranched alkanes of at least 4 members (excludes halogenated alkanes) is 1. The van der Waals surface area contributed by atoms with E-state index in [9.17, 15) is 0 Å². The van der Waals surface area contributed by atoms with Crippen molar-refractivity contribution in [1.29, 1.82) is 0 Å². The van der Waals surface area contributed by atoms with Crippen LogP contribution in [-0.2, 0) is 0 Å². The lowest BCUT2D eigenvalue weighted by Crippen LogP contribution is -2.05. The molecule has 0 rings (SSSR count). The second kappa shape index (κ2) is 6.09. The molecular weight excluding hydrogens is 110 g/mol. The maximum Gasteiger partial charge on any atom is -0.00747 e. The van der Waals surface area contributed by atoms with Gasteiger partial charge in [0.1, 0.15) is 0 Å². The summed E-state index contributed by atoms with van der Waals surface area (Å²) in [5.41, 5.74) is 5.40. The summed E-state index contributed by atoms with van der Waals surface area (Å²) in [6.07, 6.45) is 5.23. The minimum atomic E-state index is 0.843. The van der Waals surface area contributed by atoms with Crippen molar-refractivity contribution in [2.75, 3.05) is 6.54 Å². The van der Waals surface area contributed by atoms with Crippen LogP contribution in [-0.4, -0.2) is 6.54 Å². The monoisotopic (exact) mass is 129 g/mol. The third-order valence-electron chi connectivity index (χ3n) is 1.71. The largest absolute Gasteiger partial charge is 0.330 e. The highest BCUT2D eigenvalue weighted by Crippen LogP contribution is 2.09. The Hall–Kier alpha value is -0.0400. The zero-order chi connectivity index (χ0) is 7.11. The Morgan fingerprint density at radius 2 is 2.00 bits per heavy atom. The fourth-order valence-corrected chi connectivity index (χ4v) is 0.981. The van der Waals surface area contributed by atoms with Crippen molar-refractivity contribution in [3.8, 4) is 0 Å². The molecule has 0 bridgehead atoms. The number of hydrogen-bond acceptors (Lipinski definition) is 1. The molecule has 0 aromatic carbocycles. The third kappa shape index (κ3) is 5.84. The van der Waals surface area contributed by atoms with Gasteiger partial charge in [-0.3, -0.25) is 0 Å². The molecule has 0 heterocycles. The average molecular weight is 129 g/mol. The second-order valence-electron chi connectivity index (χ2n) is 2.82. The zero-order valence-corrected chi connectivity index (χ0v) is 6.69. The van der Waals surface area contributed by atoms with Crippen LogP contribution in [0.15, 0.2) is 0 Å². The quantitative estimate of drug-likeness (QED) is 0.605. The van der Waals surface area contributed by atoms with Crippen molar-refractivity contribution in [1.82, 2.24) is 0 Å². The third-order valence-corrected chi connectivity index (χ3v) is 1.71. The van der Waals surface area contributed by atoms with Crippen molar-refractivity contribution in [3.63, 3.8) is 0 Å². The molecule has 0 aromatic rings. The molecule has 0 aromatic heterocycles. The van der Waals surface area contributed by atoms with E-state index in [0.717, 1.165) is 12.5 Å². The van der Waals surface area contributed by atoms with Gasteiger partial charge in [-0.1, -0.05) is 33.1 Å². The lowest BCUT2D eigenvalue weighted by molar-refractivity contribution is 0.478.